The molecule has 18 heavy (non-hydrogen) atoms. The Hall–Kier alpha value is -1.16. The topological polar surface area (TPSA) is 32.3 Å². The highest BCUT2D eigenvalue weighted by molar-refractivity contribution is 5.30. The number of anilines is 1. The minimum absolute atomic E-state index is 0.800. The van der Waals surface area contributed by atoms with Gasteiger partial charge in [0.15, 0.2) is 0 Å². The fourth-order valence-corrected chi connectivity index (χ4v) is 3.09. The van der Waals surface area contributed by atoms with Crippen LogP contribution in [0.1, 0.15) is 31.2 Å². The number of likely N-dealkylation sites (tertiary alicyclic amines) is 1. The molecule has 2 aliphatic heterocycles. The van der Waals surface area contributed by atoms with Crippen LogP contribution in [0.3, 0.4) is 0 Å². The lowest BCUT2D eigenvalue weighted by atomic mass is 10.0. The fraction of sp³-hybridized carbons (Fsp3) is 0.714. The van der Waals surface area contributed by atoms with Crippen molar-refractivity contribution >= 4 is 5.95 Å². The number of rotatable bonds is 2. The van der Waals surface area contributed by atoms with Gasteiger partial charge in [-0.1, -0.05) is 0 Å². The number of nitrogens with zero attached hydrogens (tertiary/aromatic N) is 4. The van der Waals surface area contributed by atoms with E-state index in [1.54, 1.807) is 0 Å². The summed E-state index contributed by atoms with van der Waals surface area (Å²) in [6.45, 7) is 6.86. The summed E-state index contributed by atoms with van der Waals surface area (Å²) in [5, 5.41) is 0. The number of hydrogen-bond acceptors (Lipinski definition) is 4. The smallest absolute Gasteiger partial charge is 0.225 e. The molecule has 1 aromatic rings. The van der Waals surface area contributed by atoms with Gasteiger partial charge in [-0.05, 0) is 51.3 Å². The Bertz CT molecular complexity index is 375. The molecule has 3 rings (SSSR count). The average Bonchev–Trinajstić information content (AvgIpc) is 2.94. The summed E-state index contributed by atoms with van der Waals surface area (Å²) in [6.07, 6.45) is 9.13. The lowest BCUT2D eigenvalue weighted by Crippen LogP contribution is -2.44. The van der Waals surface area contributed by atoms with E-state index in [1.165, 1.54) is 38.8 Å². The molecule has 0 aromatic carbocycles. The zero-order chi connectivity index (χ0) is 12.4. The van der Waals surface area contributed by atoms with Crippen molar-refractivity contribution in [1.29, 1.82) is 0 Å². The second kappa shape index (κ2) is 5.22. The molecule has 0 atom stereocenters. The molecular weight excluding hydrogens is 224 g/mol. The van der Waals surface area contributed by atoms with E-state index in [0.717, 1.165) is 30.6 Å². The third-order valence-electron chi connectivity index (χ3n) is 4.17. The molecule has 0 radical (unpaired) electrons. The van der Waals surface area contributed by atoms with Crippen molar-refractivity contribution in [3.63, 3.8) is 0 Å². The summed E-state index contributed by atoms with van der Waals surface area (Å²) < 4.78 is 0. The molecule has 0 spiro atoms. The highest BCUT2D eigenvalue weighted by Crippen LogP contribution is 2.22. The van der Waals surface area contributed by atoms with Crippen LogP contribution in [0.2, 0.25) is 0 Å². The van der Waals surface area contributed by atoms with Crippen LogP contribution in [0, 0.1) is 6.92 Å². The third kappa shape index (κ3) is 2.48. The van der Waals surface area contributed by atoms with Crippen LogP contribution < -0.4 is 4.90 Å². The van der Waals surface area contributed by atoms with E-state index >= 15 is 0 Å². The highest BCUT2D eigenvalue weighted by atomic mass is 15.3. The Morgan fingerprint density at radius 3 is 2.22 bits per heavy atom. The molecule has 0 aliphatic carbocycles. The summed E-state index contributed by atoms with van der Waals surface area (Å²) >= 11 is 0. The molecule has 0 N–H and O–H groups in total. The maximum Gasteiger partial charge on any atom is 0.225 e. The number of aryl methyl sites for hydroxylation is 1. The van der Waals surface area contributed by atoms with Crippen LogP contribution in [0.5, 0.6) is 0 Å². The Morgan fingerprint density at radius 1 is 1.00 bits per heavy atom. The number of hydrogen-bond donors (Lipinski definition) is 0. The van der Waals surface area contributed by atoms with E-state index < -0.39 is 0 Å². The van der Waals surface area contributed by atoms with E-state index in [9.17, 15) is 0 Å². The molecule has 0 bridgehead atoms. The standard InChI is InChI=1S/C14H22N4/c1-12-10-15-14(16-11-12)18-8-4-13(5-9-18)17-6-2-3-7-17/h10-11,13H,2-9H2,1H3. The molecule has 4 nitrogen and oxygen atoms in total. The number of aromatic nitrogens is 2. The molecule has 2 saturated heterocycles. The summed E-state index contributed by atoms with van der Waals surface area (Å²) in [6, 6.07) is 0.800. The van der Waals surface area contributed by atoms with E-state index in [4.69, 9.17) is 0 Å². The first kappa shape index (κ1) is 11.9. The summed E-state index contributed by atoms with van der Waals surface area (Å²) in [5.74, 6) is 0.903. The third-order valence-corrected chi connectivity index (χ3v) is 4.17. The molecule has 3 heterocycles. The van der Waals surface area contributed by atoms with Crippen LogP contribution >= 0.6 is 0 Å². The van der Waals surface area contributed by atoms with Gasteiger partial charge in [-0.15, -0.1) is 0 Å². The lowest BCUT2D eigenvalue weighted by molar-refractivity contribution is 0.207. The van der Waals surface area contributed by atoms with Crippen molar-refractivity contribution in [3.05, 3.63) is 18.0 Å². The Balaban J connectivity index is 1.57. The molecule has 0 amide bonds. The van der Waals surface area contributed by atoms with Crippen molar-refractivity contribution in [1.82, 2.24) is 14.9 Å². The first-order chi connectivity index (χ1) is 8.83. The second-order valence-corrected chi connectivity index (χ2v) is 5.52. The lowest BCUT2D eigenvalue weighted by Gasteiger charge is -2.36. The van der Waals surface area contributed by atoms with E-state index in [1.807, 2.05) is 19.3 Å². The summed E-state index contributed by atoms with van der Waals surface area (Å²) in [4.78, 5) is 13.9. The first-order valence-corrected chi connectivity index (χ1v) is 7.10. The van der Waals surface area contributed by atoms with Crippen LogP contribution in [0.4, 0.5) is 5.95 Å². The van der Waals surface area contributed by atoms with Gasteiger partial charge in [0.25, 0.3) is 0 Å². The first-order valence-electron chi connectivity index (χ1n) is 7.10. The number of piperidine rings is 1. The molecule has 98 valence electrons. The monoisotopic (exact) mass is 246 g/mol. The zero-order valence-electron chi connectivity index (χ0n) is 11.2. The zero-order valence-corrected chi connectivity index (χ0v) is 11.2. The maximum absolute atomic E-state index is 4.43. The van der Waals surface area contributed by atoms with Crippen molar-refractivity contribution in [2.24, 2.45) is 0 Å². The van der Waals surface area contributed by atoms with Gasteiger partial charge in [0, 0.05) is 31.5 Å². The largest absolute Gasteiger partial charge is 0.341 e. The second-order valence-electron chi connectivity index (χ2n) is 5.52. The van der Waals surface area contributed by atoms with Crippen molar-refractivity contribution in [2.75, 3.05) is 31.1 Å². The van der Waals surface area contributed by atoms with Crippen LogP contribution in [-0.2, 0) is 0 Å². The van der Waals surface area contributed by atoms with Gasteiger partial charge in [-0.3, -0.25) is 0 Å². The molecule has 4 heteroatoms. The van der Waals surface area contributed by atoms with Crippen LogP contribution in [0.25, 0.3) is 0 Å². The van der Waals surface area contributed by atoms with Crippen LogP contribution in [0.15, 0.2) is 12.4 Å². The molecule has 2 fully saturated rings. The van der Waals surface area contributed by atoms with Gasteiger partial charge >= 0.3 is 0 Å². The fourth-order valence-electron chi connectivity index (χ4n) is 3.09. The quantitative estimate of drug-likeness (QED) is 0.797. The SMILES string of the molecule is Cc1cnc(N2CCC(N3CCCC3)CC2)nc1. The van der Waals surface area contributed by atoms with E-state index in [0.29, 0.717) is 0 Å². The van der Waals surface area contributed by atoms with Crippen molar-refractivity contribution < 1.29 is 0 Å². The molecule has 1 aromatic heterocycles. The summed E-state index contributed by atoms with van der Waals surface area (Å²) in [7, 11) is 0. The van der Waals surface area contributed by atoms with Gasteiger partial charge in [0.1, 0.15) is 0 Å². The molecule has 0 unspecified atom stereocenters. The molecule has 0 saturated carbocycles. The minimum atomic E-state index is 0.800. The molecule has 2 aliphatic rings. The Morgan fingerprint density at radius 2 is 1.61 bits per heavy atom. The van der Waals surface area contributed by atoms with E-state index in [-0.39, 0.29) is 0 Å². The Labute approximate surface area is 109 Å². The van der Waals surface area contributed by atoms with Gasteiger partial charge in [0.2, 0.25) is 5.95 Å². The Kier molecular flexibility index (Phi) is 3.46. The minimum Gasteiger partial charge on any atom is -0.341 e. The predicted octanol–water partition coefficient (Wildman–Crippen LogP) is 1.85. The highest BCUT2D eigenvalue weighted by Gasteiger charge is 2.27. The summed E-state index contributed by atoms with van der Waals surface area (Å²) in [5.41, 5.74) is 1.13. The van der Waals surface area contributed by atoms with Crippen LogP contribution in [-0.4, -0.2) is 47.1 Å². The van der Waals surface area contributed by atoms with Gasteiger partial charge in [-0.25, -0.2) is 9.97 Å². The maximum atomic E-state index is 4.43. The van der Waals surface area contributed by atoms with Gasteiger partial charge < -0.3 is 9.80 Å². The average molecular weight is 246 g/mol. The van der Waals surface area contributed by atoms with Crippen molar-refractivity contribution in [3.8, 4) is 0 Å². The van der Waals surface area contributed by atoms with E-state index in [2.05, 4.69) is 19.8 Å². The predicted molar refractivity (Wildman–Crippen MR) is 72.8 cm³/mol. The van der Waals surface area contributed by atoms with Crippen molar-refractivity contribution in [2.45, 2.75) is 38.6 Å². The van der Waals surface area contributed by atoms with Gasteiger partial charge in [-0.2, -0.15) is 0 Å². The van der Waals surface area contributed by atoms with Gasteiger partial charge in [0.05, 0.1) is 0 Å². The normalized spacial score (nSPS) is 22.6. The molecular formula is C14H22N4.